The van der Waals surface area contributed by atoms with Crippen molar-refractivity contribution in [2.75, 3.05) is 44.2 Å². The maximum Gasteiger partial charge on any atom is 0.122 e. The third kappa shape index (κ3) is 4.97. The SMILES string of the molecule is Cc1ccc(C)c(OC[C@H](O)CN2CCN(c3ccccc3)CC2)c1. The third-order valence-corrected chi connectivity index (χ3v) is 4.74. The van der Waals surface area contributed by atoms with Crippen molar-refractivity contribution < 1.29 is 9.84 Å². The zero-order chi connectivity index (χ0) is 17.6. The Hall–Kier alpha value is -2.04. The van der Waals surface area contributed by atoms with Crippen LogP contribution in [-0.4, -0.2) is 55.4 Å². The Morgan fingerprint density at radius 3 is 2.44 bits per heavy atom. The quantitative estimate of drug-likeness (QED) is 0.877. The van der Waals surface area contributed by atoms with Gasteiger partial charge in [0, 0.05) is 38.4 Å². The molecular weight excluding hydrogens is 312 g/mol. The first-order chi connectivity index (χ1) is 12.1. The van der Waals surface area contributed by atoms with Crippen LogP contribution in [0.4, 0.5) is 5.69 Å². The van der Waals surface area contributed by atoms with Crippen LogP contribution < -0.4 is 9.64 Å². The molecule has 4 nitrogen and oxygen atoms in total. The van der Waals surface area contributed by atoms with Gasteiger partial charge in [-0.15, -0.1) is 0 Å². The molecule has 3 rings (SSSR count). The molecule has 1 fully saturated rings. The van der Waals surface area contributed by atoms with Crippen LogP contribution in [0.2, 0.25) is 0 Å². The van der Waals surface area contributed by atoms with E-state index >= 15 is 0 Å². The van der Waals surface area contributed by atoms with Crippen molar-refractivity contribution >= 4 is 5.69 Å². The number of aryl methyl sites for hydroxylation is 2. The minimum Gasteiger partial charge on any atom is -0.491 e. The molecule has 1 atom stereocenters. The predicted molar refractivity (Wildman–Crippen MR) is 103 cm³/mol. The Balaban J connectivity index is 1.43. The molecule has 1 aliphatic heterocycles. The van der Waals surface area contributed by atoms with Crippen LogP contribution in [0.25, 0.3) is 0 Å². The van der Waals surface area contributed by atoms with E-state index in [0.29, 0.717) is 13.2 Å². The van der Waals surface area contributed by atoms with E-state index in [2.05, 4.69) is 53.1 Å². The first-order valence-corrected chi connectivity index (χ1v) is 9.02. The average Bonchev–Trinajstić information content (AvgIpc) is 2.64. The van der Waals surface area contributed by atoms with E-state index in [4.69, 9.17) is 4.74 Å². The van der Waals surface area contributed by atoms with Gasteiger partial charge < -0.3 is 14.7 Å². The van der Waals surface area contributed by atoms with Gasteiger partial charge in [-0.1, -0.05) is 30.3 Å². The maximum absolute atomic E-state index is 10.3. The topological polar surface area (TPSA) is 35.9 Å². The standard InChI is InChI=1S/C21H28N2O2/c1-17-8-9-18(2)21(14-17)25-16-20(24)15-22-10-12-23(13-11-22)19-6-4-3-5-7-19/h3-9,14,20,24H,10-13,15-16H2,1-2H3/t20-/m1/s1. The van der Waals surface area contributed by atoms with E-state index in [1.54, 1.807) is 0 Å². The van der Waals surface area contributed by atoms with Gasteiger partial charge in [-0.05, 0) is 43.2 Å². The second kappa shape index (κ2) is 8.37. The van der Waals surface area contributed by atoms with Gasteiger partial charge in [-0.3, -0.25) is 4.90 Å². The number of piperazine rings is 1. The molecule has 1 saturated heterocycles. The van der Waals surface area contributed by atoms with E-state index in [1.165, 1.54) is 11.3 Å². The summed E-state index contributed by atoms with van der Waals surface area (Å²) in [7, 11) is 0. The van der Waals surface area contributed by atoms with E-state index in [0.717, 1.165) is 37.5 Å². The number of hydrogen-bond acceptors (Lipinski definition) is 4. The third-order valence-electron chi connectivity index (χ3n) is 4.74. The molecule has 2 aromatic carbocycles. The molecule has 2 aromatic rings. The van der Waals surface area contributed by atoms with E-state index in [9.17, 15) is 5.11 Å². The zero-order valence-electron chi connectivity index (χ0n) is 15.2. The van der Waals surface area contributed by atoms with Gasteiger partial charge in [0.2, 0.25) is 0 Å². The molecule has 0 radical (unpaired) electrons. The Morgan fingerprint density at radius 2 is 1.72 bits per heavy atom. The number of aliphatic hydroxyl groups is 1. The van der Waals surface area contributed by atoms with Crippen LogP contribution in [-0.2, 0) is 0 Å². The summed E-state index contributed by atoms with van der Waals surface area (Å²) in [6.07, 6.45) is -0.469. The zero-order valence-corrected chi connectivity index (χ0v) is 15.2. The Labute approximate surface area is 150 Å². The van der Waals surface area contributed by atoms with Crippen molar-refractivity contribution in [3.05, 3.63) is 59.7 Å². The molecule has 4 heteroatoms. The molecule has 0 bridgehead atoms. The van der Waals surface area contributed by atoms with Gasteiger partial charge >= 0.3 is 0 Å². The van der Waals surface area contributed by atoms with E-state index < -0.39 is 6.10 Å². The second-order valence-corrected chi connectivity index (χ2v) is 6.86. The Morgan fingerprint density at radius 1 is 1.00 bits per heavy atom. The molecule has 25 heavy (non-hydrogen) atoms. The Bertz CT molecular complexity index is 667. The first-order valence-electron chi connectivity index (χ1n) is 9.02. The molecule has 0 aliphatic carbocycles. The molecular formula is C21H28N2O2. The highest BCUT2D eigenvalue weighted by Gasteiger charge is 2.19. The van der Waals surface area contributed by atoms with Gasteiger partial charge in [0.15, 0.2) is 0 Å². The molecule has 1 heterocycles. The van der Waals surface area contributed by atoms with Crippen LogP contribution >= 0.6 is 0 Å². The van der Waals surface area contributed by atoms with Crippen molar-refractivity contribution in [3.8, 4) is 5.75 Å². The number of anilines is 1. The number of ether oxygens (including phenoxy) is 1. The number of benzene rings is 2. The summed E-state index contributed by atoms with van der Waals surface area (Å²) in [6, 6.07) is 16.7. The largest absolute Gasteiger partial charge is 0.491 e. The number of para-hydroxylation sites is 1. The minimum atomic E-state index is -0.469. The fraction of sp³-hybridized carbons (Fsp3) is 0.429. The van der Waals surface area contributed by atoms with Crippen molar-refractivity contribution in [2.45, 2.75) is 20.0 Å². The molecule has 1 N–H and O–H groups in total. The molecule has 1 aliphatic rings. The van der Waals surface area contributed by atoms with Crippen LogP contribution in [0.3, 0.4) is 0 Å². The predicted octanol–water partition coefficient (Wildman–Crippen LogP) is 2.87. The second-order valence-electron chi connectivity index (χ2n) is 6.86. The van der Waals surface area contributed by atoms with Crippen LogP contribution in [0.1, 0.15) is 11.1 Å². The maximum atomic E-state index is 10.3. The summed E-state index contributed by atoms with van der Waals surface area (Å²) in [4.78, 5) is 4.71. The molecule has 0 aromatic heterocycles. The normalized spacial score (nSPS) is 16.7. The molecule has 0 spiro atoms. The van der Waals surface area contributed by atoms with E-state index in [1.807, 2.05) is 19.1 Å². The summed E-state index contributed by atoms with van der Waals surface area (Å²) < 4.78 is 5.82. The monoisotopic (exact) mass is 340 g/mol. The van der Waals surface area contributed by atoms with Gasteiger partial charge in [-0.2, -0.15) is 0 Å². The minimum absolute atomic E-state index is 0.337. The molecule has 0 amide bonds. The highest BCUT2D eigenvalue weighted by molar-refractivity contribution is 5.46. The number of aliphatic hydroxyl groups excluding tert-OH is 1. The van der Waals surface area contributed by atoms with Crippen molar-refractivity contribution in [3.63, 3.8) is 0 Å². The highest BCUT2D eigenvalue weighted by atomic mass is 16.5. The molecule has 0 unspecified atom stereocenters. The van der Waals surface area contributed by atoms with Crippen molar-refractivity contribution in [1.29, 1.82) is 0 Å². The highest BCUT2D eigenvalue weighted by Crippen LogP contribution is 2.19. The van der Waals surface area contributed by atoms with E-state index in [-0.39, 0.29) is 0 Å². The van der Waals surface area contributed by atoms with Crippen molar-refractivity contribution in [1.82, 2.24) is 4.90 Å². The number of hydrogen-bond donors (Lipinski definition) is 1. The summed E-state index contributed by atoms with van der Waals surface area (Å²) in [6.45, 7) is 9.00. The lowest BCUT2D eigenvalue weighted by Crippen LogP contribution is -2.49. The van der Waals surface area contributed by atoms with Crippen LogP contribution in [0.15, 0.2) is 48.5 Å². The smallest absolute Gasteiger partial charge is 0.122 e. The van der Waals surface area contributed by atoms with Gasteiger partial charge in [0.05, 0.1) is 0 Å². The fourth-order valence-corrected chi connectivity index (χ4v) is 3.23. The lowest BCUT2D eigenvalue weighted by Gasteiger charge is -2.36. The molecule has 134 valence electrons. The first kappa shape index (κ1) is 17.8. The van der Waals surface area contributed by atoms with Gasteiger partial charge in [0.1, 0.15) is 18.5 Å². The number of β-amino-alcohol motifs (C(OH)–C–C–N with tert-alkyl or cyclic N) is 1. The summed E-state index contributed by atoms with van der Waals surface area (Å²) in [5.74, 6) is 0.868. The lowest BCUT2D eigenvalue weighted by atomic mass is 10.1. The van der Waals surface area contributed by atoms with Crippen LogP contribution in [0, 0.1) is 13.8 Å². The average molecular weight is 340 g/mol. The number of nitrogens with zero attached hydrogens (tertiary/aromatic N) is 2. The van der Waals surface area contributed by atoms with Crippen molar-refractivity contribution in [2.24, 2.45) is 0 Å². The Kier molecular flexibility index (Phi) is 5.95. The summed E-state index contributed by atoms with van der Waals surface area (Å²) >= 11 is 0. The van der Waals surface area contributed by atoms with Gasteiger partial charge in [-0.25, -0.2) is 0 Å². The van der Waals surface area contributed by atoms with Crippen LogP contribution in [0.5, 0.6) is 5.75 Å². The summed E-state index contributed by atoms with van der Waals surface area (Å²) in [5.41, 5.74) is 3.56. The molecule has 0 saturated carbocycles. The number of rotatable bonds is 6. The summed E-state index contributed by atoms with van der Waals surface area (Å²) in [5, 5.41) is 10.3. The lowest BCUT2D eigenvalue weighted by molar-refractivity contribution is 0.0660. The van der Waals surface area contributed by atoms with Gasteiger partial charge in [0.25, 0.3) is 0 Å². The fourth-order valence-electron chi connectivity index (χ4n) is 3.23.